The number of methoxy groups -OCH3 is 1. The second kappa shape index (κ2) is 11.0. The number of rotatable bonds is 9. The summed E-state index contributed by atoms with van der Waals surface area (Å²) >= 11 is 3.54. The van der Waals surface area contributed by atoms with Gasteiger partial charge in [-0.25, -0.2) is 4.99 Å². The van der Waals surface area contributed by atoms with Crippen molar-refractivity contribution in [1.82, 2.24) is 14.7 Å². The topological polar surface area (TPSA) is 68.7 Å². The van der Waals surface area contributed by atoms with Gasteiger partial charge in [0, 0.05) is 35.2 Å². The maximum atomic E-state index is 6.44. The van der Waals surface area contributed by atoms with Crippen LogP contribution >= 0.6 is 15.9 Å². The van der Waals surface area contributed by atoms with E-state index in [1.54, 1.807) is 7.11 Å². The van der Waals surface area contributed by atoms with Crippen molar-refractivity contribution < 1.29 is 4.74 Å². The number of nitrogens with two attached hydrogens (primary N) is 1. The number of ether oxygens (including phenoxy) is 1. The van der Waals surface area contributed by atoms with Crippen LogP contribution in [0.1, 0.15) is 28.2 Å². The Kier molecular flexibility index (Phi) is 7.37. The van der Waals surface area contributed by atoms with Gasteiger partial charge in [0.15, 0.2) is 5.96 Å². The highest BCUT2D eigenvalue weighted by molar-refractivity contribution is 9.10. The summed E-state index contributed by atoms with van der Waals surface area (Å²) in [7, 11) is 1.69. The normalized spacial score (nSPS) is 16.1. The van der Waals surface area contributed by atoms with E-state index in [1.807, 2.05) is 29.1 Å². The molecule has 184 valence electrons. The lowest BCUT2D eigenvalue weighted by Gasteiger charge is -2.24. The molecule has 0 radical (unpaired) electrons. The Morgan fingerprint density at radius 3 is 2.42 bits per heavy atom. The fourth-order valence-corrected chi connectivity index (χ4v) is 5.01. The summed E-state index contributed by atoms with van der Waals surface area (Å²) in [5.74, 6) is 1.64. The fraction of sp³-hybridized carbons (Fsp3) is 0.241. The summed E-state index contributed by atoms with van der Waals surface area (Å²) in [5, 5.41) is 4.55. The average molecular weight is 544 g/mol. The Bertz CT molecular complexity index is 1300. The fourth-order valence-electron chi connectivity index (χ4n) is 4.74. The summed E-state index contributed by atoms with van der Waals surface area (Å²) < 4.78 is 8.43. The van der Waals surface area contributed by atoms with Gasteiger partial charge in [-0.2, -0.15) is 5.10 Å². The van der Waals surface area contributed by atoms with Crippen LogP contribution in [0.5, 0.6) is 5.75 Å². The first kappa shape index (κ1) is 24.1. The first-order valence-corrected chi connectivity index (χ1v) is 12.9. The van der Waals surface area contributed by atoms with Gasteiger partial charge in [-0.15, -0.1) is 0 Å². The van der Waals surface area contributed by atoms with Crippen molar-refractivity contribution >= 4 is 21.9 Å². The predicted molar refractivity (Wildman–Crippen MR) is 147 cm³/mol. The molecule has 1 aromatic heterocycles. The van der Waals surface area contributed by atoms with E-state index in [9.17, 15) is 0 Å². The Morgan fingerprint density at radius 1 is 0.944 bits per heavy atom. The van der Waals surface area contributed by atoms with Gasteiger partial charge in [-0.05, 0) is 47.4 Å². The lowest BCUT2D eigenvalue weighted by molar-refractivity contribution is 0.387. The number of hydrogen-bond donors (Lipinski definition) is 1. The third-order valence-corrected chi connectivity index (χ3v) is 7.18. The third-order valence-electron chi connectivity index (χ3n) is 6.65. The summed E-state index contributed by atoms with van der Waals surface area (Å²) in [4.78, 5) is 7.09. The number of aliphatic imine (C=N–C) groups is 1. The molecule has 2 atom stereocenters. The number of guanidine groups is 1. The summed E-state index contributed by atoms with van der Waals surface area (Å²) in [6.45, 7) is 2.21. The Morgan fingerprint density at radius 2 is 1.69 bits per heavy atom. The summed E-state index contributed by atoms with van der Waals surface area (Å²) in [6, 6.07) is 27.2. The van der Waals surface area contributed by atoms with Crippen molar-refractivity contribution in [1.29, 1.82) is 0 Å². The van der Waals surface area contributed by atoms with Crippen molar-refractivity contribution in [2.24, 2.45) is 10.7 Å². The maximum absolute atomic E-state index is 6.44. The number of halogens is 1. The minimum absolute atomic E-state index is 0.0569. The lowest BCUT2D eigenvalue weighted by Crippen LogP contribution is -2.35. The molecule has 2 N–H and O–H groups in total. The second-order valence-corrected chi connectivity index (χ2v) is 10.1. The Labute approximate surface area is 220 Å². The van der Waals surface area contributed by atoms with Gasteiger partial charge in [0.25, 0.3) is 0 Å². The zero-order chi connectivity index (χ0) is 24.9. The van der Waals surface area contributed by atoms with E-state index >= 15 is 0 Å². The zero-order valence-corrected chi connectivity index (χ0v) is 21.9. The molecule has 1 aliphatic heterocycles. The molecule has 7 heteroatoms. The van der Waals surface area contributed by atoms with Crippen LogP contribution in [0.25, 0.3) is 0 Å². The average Bonchev–Trinajstić information content (AvgIpc) is 3.50. The molecule has 3 aromatic carbocycles. The largest absolute Gasteiger partial charge is 0.497 e. The van der Waals surface area contributed by atoms with Crippen molar-refractivity contribution in [2.75, 3.05) is 13.7 Å². The molecule has 1 aliphatic rings. The Hall–Kier alpha value is -3.58. The van der Waals surface area contributed by atoms with E-state index in [0.717, 1.165) is 35.3 Å². The van der Waals surface area contributed by atoms with Crippen LogP contribution in [-0.2, 0) is 19.5 Å². The molecule has 0 saturated heterocycles. The van der Waals surface area contributed by atoms with E-state index in [0.29, 0.717) is 12.5 Å². The standard InChI is InChI=1S/C29H30BrN5O/c1-36-26-13-9-24(10-14-26)27(15-21-7-11-25(30)12-8-21)28-20-34(29(31)33-28)17-23-16-32-35(19-23)18-22-5-3-2-4-6-22/h2-14,16,19,27-28H,15,17-18,20H2,1H3,(H2,31,33). The number of benzene rings is 3. The predicted octanol–water partition coefficient (Wildman–Crippen LogP) is 5.23. The summed E-state index contributed by atoms with van der Waals surface area (Å²) in [5.41, 5.74) is 11.3. The van der Waals surface area contributed by atoms with Gasteiger partial charge in [-0.3, -0.25) is 4.68 Å². The van der Waals surface area contributed by atoms with Crippen LogP contribution in [0, 0.1) is 0 Å². The van der Waals surface area contributed by atoms with E-state index in [2.05, 4.69) is 92.8 Å². The van der Waals surface area contributed by atoms with E-state index in [1.165, 1.54) is 16.7 Å². The first-order chi connectivity index (χ1) is 17.6. The number of hydrogen-bond acceptors (Lipinski definition) is 5. The van der Waals surface area contributed by atoms with E-state index in [4.69, 9.17) is 15.5 Å². The molecule has 0 aliphatic carbocycles. The lowest BCUT2D eigenvalue weighted by atomic mass is 9.86. The molecular formula is C29H30BrN5O. The second-order valence-electron chi connectivity index (χ2n) is 9.18. The summed E-state index contributed by atoms with van der Waals surface area (Å²) in [6.07, 6.45) is 4.90. The quantitative estimate of drug-likeness (QED) is 0.314. The minimum Gasteiger partial charge on any atom is -0.497 e. The molecular weight excluding hydrogens is 514 g/mol. The van der Waals surface area contributed by atoms with Crippen LogP contribution in [0.2, 0.25) is 0 Å². The molecule has 36 heavy (non-hydrogen) atoms. The van der Waals surface area contributed by atoms with Crippen molar-refractivity contribution in [3.8, 4) is 5.75 Å². The molecule has 4 aromatic rings. The van der Waals surface area contributed by atoms with E-state index in [-0.39, 0.29) is 12.0 Å². The van der Waals surface area contributed by atoms with Crippen LogP contribution in [0.15, 0.2) is 101 Å². The number of aromatic nitrogens is 2. The third kappa shape index (κ3) is 5.79. The van der Waals surface area contributed by atoms with Crippen LogP contribution < -0.4 is 10.5 Å². The van der Waals surface area contributed by atoms with Crippen molar-refractivity contribution in [3.05, 3.63) is 118 Å². The highest BCUT2D eigenvalue weighted by Gasteiger charge is 2.31. The van der Waals surface area contributed by atoms with Gasteiger partial charge in [-0.1, -0.05) is 70.5 Å². The molecule has 0 spiro atoms. The van der Waals surface area contributed by atoms with Crippen LogP contribution in [0.3, 0.4) is 0 Å². The van der Waals surface area contributed by atoms with Gasteiger partial charge in [0.05, 0.1) is 25.9 Å². The Balaban J connectivity index is 1.31. The highest BCUT2D eigenvalue weighted by atomic mass is 79.9. The molecule has 0 bridgehead atoms. The number of nitrogens with zero attached hydrogens (tertiary/aromatic N) is 4. The SMILES string of the molecule is COc1ccc(C(Cc2ccc(Br)cc2)C2CN(Cc3cnn(Cc4ccccc4)c3)C(N)=N2)cc1. The van der Waals surface area contributed by atoms with Crippen molar-refractivity contribution in [3.63, 3.8) is 0 Å². The van der Waals surface area contributed by atoms with Crippen molar-refractivity contribution in [2.45, 2.75) is 31.5 Å². The highest BCUT2D eigenvalue weighted by Crippen LogP contribution is 2.31. The van der Waals surface area contributed by atoms with E-state index < -0.39 is 0 Å². The van der Waals surface area contributed by atoms with Crippen LogP contribution in [-0.4, -0.2) is 40.3 Å². The van der Waals surface area contributed by atoms with Gasteiger partial charge < -0.3 is 15.4 Å². The molecule has 2 unspecified atom stereocenters. The minimum atomic E-state index is 0.0569. The van der Waals surface area contributed by atoms with Gasteiger partial charge >= 0.3 is 0 Å². The molecule has 5 rings (SSSR count). The maximum Gasteiger partial charge on any atom is 0.191 e. The molecule has 0 amide bonds. The smallest absolute Gasteiger partial charge is 0.191 e. The zero-order valence-electron chi connectivity index (χ0n) is 20.3. The molecule has 2 heterocycles. The van der Waals surface area contributed by atoms with Crippen LogP contribution in [0.4, 0.5) is 0 Å². The van der Waals surface area contributed by atoms with Gasteiger partial charge in [0.2, 0.25) is 0 Å². The molecule has 0 saturated carbocycles. The first-order valence-electron chi connectivity index (χ1n) is 12.1. The van der Waals surface area contributed by atoms with Gasteiger partial charge in [0.1, 0.15) is 5.75 Å². The molecule has 6 nitrogen and oxygen atoms in total. The molecule has 0 fully saturated rings. The monoisotopic (exact) mass is 543 g/mol.